The van der Waals surface area contributed by atoms with Gasteiger partial charge in [-0.1, -0.05) is 56.0 Å². The fourth-order valence-electron chi connectivity index (χ4n) is 3.38. The van der Waals surface area contributed by atoms with E-state index in [9.17, 15) is 4.79 Å². The molecule has 0 atom stereocenters. The third kappa shape index (κ3) is 5.60. The van der Waals surface area contributed by atoms with Crippen LogP contribution < -0.4 is 10.1 Å². The molecule has 2 aromatic rings. The molecule has 26 heavy (non-hydrogen) atoms. The van der Waals surface area contributed by atoms with E-state index in [2.05, 4.69) is 33.4 Å². The van der Waals surface area contributed by atoms with Crippen LogP contribution in [-0.2, 0) is 6.42 Å². The van der Waals surface area contributed by atoms with Crippen LogP contribution in [0.5, 0.6) is 5.75 Å². The molecule has 0 heterocycles. The molecule has 1 saturated carbocycles. The van der Waals surface area contributed by atoms with Gasteiger partial charge >= 0.3 is 0 Å². The first-order valence-corrected chi connectivity index (χ1v) is 10.3. The first kappa shape index (κ1) is 19.0. The number of rotatable bonds is 6. The smallest absolute Gasteiger partial charge is 0.251 e. The van der Waals surface area contributed by atoms with E-state index in [1.807, 2.05) is 36.4 Å². The highest BCUT2D eigenvalue weighted by atomic mass is 79.9. The van der Waals surface area contributed by atoms with Crippen LogP contribution in [0.2, 0.25) is 0 Å². The Hall–Kier alpha value is -1.81. The molecule has 1 N–H and O–H groups in total. The average Bonchev–Trinajstić information content (AvgIpc) is 2.92. The lowest BCUT2D eigenvalue weighted by Gasteiger charge is -2.16. The second-order valence-corrected chi connectivity index (χ2v) is 7.75. The topological polar surface area (TPSA) is 38.3 Å². The highest BCUT2D eigenvalue weighted by Gasteiger charge is 2.16. The van der Waals surface area contributed by atoms with Gasteiger partial charge in [0.25, 0.3) is 5.91 Å². The molecule has 138 valence electrons. The second kappa shape index (κ2) is 9.77. The summed E-state index contributed by atoms with van der Waals surface area (Å²) in [7, 11) is 0. The number of benzene rings is 2. The minimum Gasteiger partial charge on any atom is -0.492 e. The summed E-state index contributed by atoms with van der Waals surface area (Å²) in [6, 6.07) is 16.2. The van der Waals surface area contributed by atoms with Crippen molar-refractivity contribution >= 4 is 21.8 Å². The van der Waals surface area contributed by atoms with Crippen molar-refractivity contribution in [3.8, 4) is 5.75 Å². The average molecular weight is 416 g/mol. The molecule has 1 fully saturated rings. The maximum atomic E-state index is 12.5. The zero-order valence-corrected chi connectivity index (χ0v) is 16.6. The predicted molar refractivity (Wildman–Crippen MR) is 109 cm³/mol. The normalized spacial score (nSPS) is 15.3. The number of halogens is 1. The van der Waals surface area contributed by atoms with Crippen molar-refractivity contribution in [3.05, 3.63) is 64.1 Å². The number of nitrogens with one attached hydrogen (secondary N) is 1. The van der Waals surface area contributed by atoms with E-state index in [0.717, 1.165) is 29.5 Å². The lowest BCUT2D eigenvalue weighted by molar-refractivity contribution is 0.0933. The third-order valence-corrected chi connectivity index (χ3v) is 5.50. The number of hydrogen-bond donors (Lipinski definition) is 1. The molecule has 0 saturated heterocycles. The van der Waals surface area contributed by atoms with Gasteiger partial charge in [0, 0.05) is 18.0 Å². The zero-order valence-electron chi connectivity index (χ0n) is 15.0. The van der Waals surface area contributed by atoms with E-state index in [-0.39, 0.29) is 5.91 Å². The highest BCUT2D eigenvalue weighted by Crippen LogP contribution is 2.26. The first-order valence-electron chi connectivity index (χ1n) is 9.49. The quantitative estimate of drug-likeness (QED) is 0.630. The SMILES string of the molecule is O=C(NC1CCCCCC1)c1ccc(OCCc2ccccc2)c(Br)c1. The summed E-state index contributed by atoms with van der Waals surface area (Å²) >= 11 is 3.53. The maximum absolute atomic E-state index is 12.5. The monoisotopic (exact) mass is 415 g/mol. The van der Waals surface area contributed by atoms with Crippen molar-refractivity contribution in [2.24, 2.45) is 0 Å². The Balaban J connectivity index is 1.53. The third-order valence-electron chi connectivity index (χ3n) is 4.88. The van der Waals surface area contributed by atoms with Crippen molar-refractivity contribution in [1.82, 2.24) is 5.32 Å². The molecule has 0 unspecified atom stereocenters. The van der Waals surface area contributed by atoms with E-state index < -0.39 is 0 Å². The van der Waals surface area contributed by atoms with Crippen LogP contribution in [-0.4, -0.2) is 18.6 Å². The Bertz CT molecular complexity index is 709. The van der Waals surface area contributed by atoms with Crippen LogP contribution in [0, 0.1) is 0 Å². The molecule has 2 aromatic carbocycles. The molecular formula is C22H26BrNO2. The Morgan fingerprint density at radius 1 is 1.04 bits per heavy atom. The number of carbonyl (C=O) groups excluding carboxylic acids is 1. The Labute approximate surface area is 164 Å². The molecule has 0 aliphatic heterocycles. The molecule has 1 aliphatic carbocycles. The largest absolute Gasteiger partial charge is 0.492 e. The van der Waals surface area contributed by atoms with Crippen molar-refractivity contribution in [1.29, 1.82) is 0 Å². The summed E-state index contributed by atoms with van der Waals surface area (Å²) in [5, 5.41) is 3.19. The van der Waals surface area contributed by atoms with Crippen molar-refractivity contribution in [2.75, 3.05) is 6.61 Å². The van der Waals surface area contributed by atoms with Gasteiger partial charge in [-0.15, -0.1) is 0 Å². The minimum absolute atomic E-state index is 0.00781. The van der Waals surface area contributed by atoms with Crippen molar-refractivity contribution in [2.45, 2.75) is 51.0 Å². The van der Waals surface area contributed by atoms with Gasteiger partial charge in [-0.05, 0) is 52.5 Å². The van der Waals surface area contributed by atoms with Crippen LogP contribution in [0.4, 0.5) is 0 Å². The summed E-state index contributed by atoms with van der Waals surface area (Å²) in [4.78, 5) is 12.5. The molecule has 4 heteroatoms. The van der Waals surface area contributed by atoms with Crippen LogP contribution >= 0.6 is 15.9 Å². The molecular weight excluding hydrogens is 390 g/mol. The Morgan fingerprint density at radius 3 is 2.46 bits per heavy atom. The molecule has 0 bridgehead atoms. The number of carbonyl (C=O) groups is 1. The van der Waals surface area contributed by atoms with Crippen molar-refractivity contribution in [3.63, 3.8) is 0 Å². The summed E-state index contributed by atoms with van der Waals surface area (Å²) in [6.07, 6.45) is 8.03. The maximum Gasteiger partial charge on any atom is 0.251 e. The number of amides is 1. The van der Waals surface area contributed by atoms with E-state index in [0.29, 0.717) is 18.2 Å². The Morgan fingerprint density at radius 2 is 1.77 bits per heavy atom. The van der Waals surface area contributed by atoms with Gasteiger partial charge < -0.3 is 10.1 Å². The lowest BCUT2D eigenvalue weighted by Crippen LogP contribution is -2.34. The molecule has 0 spiro atoms. The van der Waals surface area contributed by atoms with Gasteiger partial charge in [0.1, 0.15) is 5.75 Å². The summed E-state index contributed by atoms with van der Waals surface area (Å²) < 4.78 is 6.68. The fraction of sp³-hybridized carbons (Fsp3) is 0.409. The van der Waals surface area contributed by atoms with Gasteiger partial charge in [0.2, 0.25) is 0 Å². The van der Waals surface area contributed by atoms with Crippen LogP contribution in [0.15, 0.2) is 53.0 Å². The Kier molecular flexibility index (Phi) is 7.13. The van der Waals surface area contributed by atoms with E-state index in [1.165, 1.54) is 31.2 Å². The van der Waals surface area contributed by atoms with Gasteiger partial charge in [0.15, 0.2) is 0 Å². The van der Waals surface area contributed by atoms with E-state index in [4.69, 9.17) is 4.74 Å². The first-order chi connectivity index (χ1) is 12.7. The number of ether oxygens (including phenoxy) is 1. The van der Waals surface area contributed by atoms with Crippen LogP contribution in [0.25, 0.3) is 0 Å². The molecule has 1 amide bonds. The van der Waals surface area contributed by atoms with Gasteiger partial charge in [-0.3, -0.25) is 4.79 Å². The molecule has 3 rings (SSSR count). The summed E-state index contributed by atoms with van der Waals surface area (Å²) in [6.45, 7) is 0.607. The molecule has 3 nitrogen and oxygen atoms in total. The van der Waals surface area contributed by atoms with Crippen molar-refractivity contribution < 1.29 is 9.53 Å². The second-order valence-electron chi connectivity index (χ2n) is 6.89. The summed E-state index contributed by atoms with van der Waals surface area (Å²) in [5.41, 5.74) is 1.93. The van der Waals surface area contributed by atoms with Gasteiger partial charge in [-0.25, -0.2) is 0 Å². The standard InChI is InChI=1S/C22H26BrNO2/c23-20-16-18(22(25)24-19-10-6-1-2-7-11-19)12-13-21(20)26-15-14-17-8-4-3-5-9-17/h3-5,8-9,12-13,16,19H,1-2,6-7,10-11,14-15H2,(H,24,25). The lowest BCUT2D eigenvalue weighted by atomic mass is 10.1. The molecule has 0 radical (unpaired) electrons. The van der Waals surface area contributed by atoms with Gasteiger partial charge in [-0.2, -0.15) is 0 Å². The van der Waals surface area contributed by atoms with Crippen LogP contribution in [0.1, 0.15) is 54.4 Å². The predicted octanol–water partition coefficient (Wildman–Crippen LogP) is 5.52. The zero-order chi connectivity index (χ0) is 18.2. The minimum atomic E-state index is 0.00781. The number of hydrogen-bond acceptors (Lipinski definition) is 2. The van der Waals surface area contributed by atoms with Gasteiger partial charge in [0.05, 0.1) is 11.1 Å². The summed E-state index contributed by atoms with van der Waals surface area (Å²) in [5.74, 6) is 0.778. The van der Waals surface area contributed by atoms with Crippen LogP contribution in [0.3, 0.4) is 0 Å². The van der Waals surface area contributed by atoms with E-state index in [1.54, 1.807) is 0 Å². The molecule has 0 aromatic heterocycles. The molecule has 1 aliphatic rings. The fourth-order valence-corrected chi connectivity index (χ4v) is 3.87. The van der Waals surface area contributed by atoms with E-state index >= 15 is 0 Å². The highest BCUT2D eigenvalue weighted by molar-refractivity contribution is 9.10.